The number of anilines is 1. The number of aliphatic hydroxyl groups excluding tert-OH is 1. The van der Waals surface area contributed by atoms with Gasteiger partial charge in [0.2, 0.25) is 0 Å². The Labute approximate surface area is 261 Å². The van der Waals surface area contributed by atoms with Crippen LogP contribution in [0.2, 0.25) is 0 Å². The van der Waals surface area contributed by atoms with Crippen LogP contribution in [0.15, 0.2) is 42.7 Å². The highest BCUT2D eigenvalue weighted by molar-refractivity contribution is 5.93. The Morgan fingerprint density at radius 3 is 2.67 bits per heavy atom. The van der Waals surface area contributed by atoms with E-state index < -0.39 is 18.0 Å². The number of aliphatic hydroxyl groups is 1. The Morgan fingerprint density at radius 1 is 1.22 bits per heavy atom. The van der Waals surface area contributed by atoms with Crippen molar-refractivity contribution >= 4 is 11.6 Å². The summed E-state index contributed by atoms with van der Waals surface area (Å²) in [6.45, 7) is 5.91. The lowest BCUT2D eigenvalue weighted by molar-refractivity contribution is -0.138. The molecule has 1 aliphatic carbocycles. The van der Waals surface area contributed by atoms with Crippen LogP contribution < -0.4 is 4.90 Å². The highest BCUT2D eigenvalue weighted by atomic mass is 19.4. The number of likely N-dealkylation sites (tertiary alicyclic amines) is 1. The van der Waals surface area contributed by atoms with Crippen LogP contribution in [0.4, 0.5) is 18.9 Å². The maximum Gasteiger partial charge on any atom is 0.416 e. The van der Waals surface area contributed by atoms with Gasteiger partial charge in [-0.2, -0.15) is 13.2 Å². The molecule has 2 atom stereocenters. The monoisotopic (exact) mass is 620 g/mol. The molecular weight excluding hydrogens is 581 g/mol. The summed E-state index contributed by atoms with van der Waals surface area (Å²) < 4.78 is 45.3. The average molecular weight is 621 g/mol. The first-order valence-electron chi connectivity index (χ1n) is 15.4. The normalized spacial score (nSPS) is 24.4. The zero-order chi connectivity index (χ0) is 32.1. The van der Waals surface area contributed by atoms with Crippen LogP contribution in [0.25, 0.3) is 0 Å². The first-order chi connectivity index (χ1) is 21.4. The van der Waals surface area contributed by atoms with Crippen molar-refractivity contribution in [3.05, 3.63) is 76.4 Å². The van der Waals surface area contributed by atoms with Gasteiger partial charge in [-0.1, -0.05) is 25.0 Å². The maximum absolute atomic E-state index is 14.5. The van der Waals surface area contributed by atoms with Crippen molar-refractivity contribution in [1.29, 1.82) is 0 Å². The molecule has 8 nitrogen and oxygen atoms in total. The lowest BCUT2D eigenvalue weighted by atomic mass is 9.58. The van der Waals surface area contributed by atoms with E-state index in [-0.39, 0.29) is 41.5 Å². The molecule has 1 saturated heterocycles. The molecule has 0 bridgehead atoms. The standard InChI is InChI=1S/C34H39F3N6O2/c1-5-7-30(44)42-11-10-23(19-42)17-40(3)18-24-12-27-28(29(13-24)34(35,36)37)20-43(31(27)45)26-9-6-8-25(14-26)33(15-22(2)16-33)32-39-38-21-41(32)4/h6,8-9,12-14,21-23,31,45H,10-11,15-20H2,1-4H3/t22?,23-,31?,33?/m0/s1. The topological polar surface area (TPSA) is 77.7 Å². The fraction of sp³-hybridized carbons (Fsp3) is 0.500. The summed E-state index contributed by atoms with van der Waals surface area (Å²) >= 11 is 0. The minimum Gasteiger partial charge on any atom is -0.369 e. The molecule has 2 aliphatic heterocycles. The smallest absolute Gasteiger partial charge is 0.369 e. The van der Waals surface area contributed by atoms with Crippen LogP contribution in [0.1, 0.15) is 73.0 Å². The van der Waals surface area contributed by atoms with Crippen LogP contribution in [0.5, 0.6) is 0 Å². The molecule has 1 unspecified atom stereocenters. The van der Waals surface area contributed by atoms with E-state index in [9.17, 15) is 23.1 Å². The predicted molar refractivity (Wildman–Crippen MR) is 164 cm³/mol. The van der Waals surface area contributed by atoms with E-state index in [1.165, 1.54) is 6.07 Å². The van der Waals surface area contributed by atoms with Gasteiger partial charge in [-0.25, -0.2) is 0 Å². The number of carbonyl (C=O) groups is 1. The molecule has 1 saturated carbocycles. The van der Waals surface area contributed by atoms with Gasteiger partial charge in [0.15, 0.2) is 6.23 Å². The Morgan fingerprint density at radius 2 is 2.00 bits per heavy atom. The lowest BCUT2D eigenvalue weighted by Gasteiger charge is -2.46. The summed E-state index contributed by atoms with van der Waals surface area (Å²) in [4.78, 5) is 17.5. The van der Waals surface area contributed by atoms with E-state index in [0.29, 0.717) is 36.8 Å². The van der Waals surface area contributed by atoms with Crippen LogP contribution in [0, 0.1) is 23.7 Å². The molecule has 1 N–H and O–H groups in total. The third-order valence-corrected chi connectivity index (χ3v) is 9.64. The SMILES string of the molecule is CC#CC(=O)N1CC[C@@H](CN(C)Cc2cc3c(c(C(F)(F)F)c2)CN(c2cccc(C4(c5nncn5C)CC(C)C4)c2)C3O)C1. The second-order valence-corrected chi connectivity index (χ2v) is 13.1. The van der Waals surface area contributed by atoms with Crippen molar-refractivity contribution in [2.45, 2.75) is 64.0 Å². The van der Waals surface area contributed by atoms with Gasteiger partial charge in [-0.3, -0.25) is 4.79 Å². The zero-order valence-corrected chi connectivity index (χ0v) is 26.1. The molecule has 1 amide bonds. The number of hydrogen-bond donors (Lipinski definition) is 1. The number of carbonyl (C=O) groups excluding carboxylic acids is 1. The summed E-state index contributed by atoms with van der Waals surface area (Å²) in [5.74, 6) is 6.60. The molecule has 238 valence electrons. The van der Waals surface area contributed by atoms with Gasteiger partial charge in [0.1, 0.15) is 12.2 Å². The van der Waals surface area contributed by atoms with Gasteiger partial charge < -0.3 is 24.4 Å². The molecule has 6 rings (SSSR count). The van der Waals surface area contributed by atoms with Gasteiger partial charge >= 0.3 is 6.18 Å². The van der Waals surface area contributed by atoms with Crippen molar-refractivity contribution in [2.24, 2.45) is 18.9 Å². The Bertz CT molecular complexity index is 1650. The van der Waals surface area contributed by atoms with Crippen molar-refractivity contribution in [3.8, 4) is 11.8 Å². The molecule has 0 radical (unpaired) electrons. The van der Waals surface area contributed by atoms with Crippen molar-refractivity contribution in [3.63, 3.8) is 0 Å². The second kappa shape index (κ2) is 11.8. The molecule has 0 spiro atoms. The Hall–Kier alpha value is -3.88. The van der Waals surface area contributed by atoms with E-state index in [1.807, 2.05) is 47.8 Å². The van der Waals surface area contributed by atoms with E-state index in [0.717, 1.165) is 30.7 Å². The molecule has 1 aromatic heterocycles. The van der Waals surface area contributed by atoms with Gasteiger partial charge in [-0.05, 0) is 91.9 Å². The molecule has 2 aromatic carbocycles. The minimum atomic E-state index is -4.57. The van der Waals surface area contributed by atoms with Gasteiger partial charge in [0.05, 0.1) is 11.0 Å². The number of halogens is 3. The fourth-order valence-electron chi connectivity index (χ4n) is 7.71. The number of aromatic nitrogens is 3. The summed E-state index contributed by atoms with van der Waals surface area (Å²) in [7, 11) is 3.80. The van der Waals surface area contributed by atoms with Crippen LogP contribution in [-0.4, -0.2) is 62.3 Å². The number of amides is 1. The van der Waals surface area contributed by atoms with E-state index >= 15 is 0 Å². The number of rotatable bonds is 7. The quantitative estimate of drug-likeness (QED) is 0.380. The van der Waals surface area contributed by atoms with Crippen molar-refractivity contribution < 1.29 is 23.1 Å². The molecular formula is C34H39F3N6O2. The third-order valence-electron chi connectivity index (χ3n) is 9.64. The number of hydrogen-bond acceptors (Lipinski definition) is 6. The molecule has 3 aliphatic rings. The molecule has 45 heavy (non-hydrogen) atoms. The largest absolute Gasteiger partial charge is 0.416 e. The fourth-order valence-corrected chi connectivity index (χ4v) is 7.71. The summed E-state index contributed by atoms with van der Waals surface area (Å²) in [5, 5.41) is 20.0. The lowest BCUT2D eigenvalue weighted by Crippen LogP contribution is -2.43. The summed E-state index contributed by atoms with van der Waals surface area (Å²) in [6, 6.07) is 10.7. The Kier molecular flexibility index (Phi) is 8.16. The van der Waals surface area contributed by atoms with Gasteiger partial charge in [0, 0.05) is 51.0 Å². The van der Waals surface area contributed by atoms with Crippen molar-refractivity contribution in [2.75, 3.05) is 31.6 Å². The number of fused-ring (bicyclic) bond motifs is 1. The Balaban J connectivity index is 1.24. The molecule has 2 fully saturated rings. The minimum absolute atomic E-state index is 0.0507. The predicted octanol–water partition coefficient (Wildman–Crippen LogP) is 4.86. The summed E-state index contributed by atoms with van der Waals surface area (Å²) in [5.41, 5.74) is 1.52. The highest BCUT2D eigenvalue weighted by Crippen LogP contribution is 2.52. The van der Waals surface area contributed by atoms with Crippen LogP contribution >= 0.6 is 0 Å². The van der Waals surface area contributed by atoms with E-state index in [4.69, 9.17) is 0 Å². The van der Waals surface area contributed by atoms with Gasteiger partial charge in [-0.15, -0.1) is 10.2 Å². The zero-order valence-electron chi connectivity index (χ0n) is 26.1. The molecule has 11 heteroatoms. The number of benzene rings is 2. The van der Waals surface area contributed by atoms with E-state index in [1.54, 1.807) is 29.1 Å². The number of aryl methyl sites for hydroxylation is 1. The summed E-state index contributed by atoms with van der Waals surface area (Å²) in [6.07, 6.45) is -1.50. The number of nitrogens with zero attached hydrogens (tertiary/aromatic N) is 6. The van der Waals surface area contributed by atoms with Crippen LogP contribution in [-0.2, 0) is 36.5 Å². The third kappa shape index (κ3) is 5.82. The average Bonchev–Trinajstić information content (AvgIpc) is 3.70. The van der Waals surface area contributed by atoms with Crippen LogP contribution in [0.3, 0.4) is 0 Å². The number of alkyl halides is 3. The highest BCUT2D eigenvalue weighted by Gasteiger charge is 2.48. The molecule has 3 aromatic rings. The first kappa shape index (κ1) is 31.1. The van der Waals surface area contributed by atoms with Gasteiger partial charge in [0.25, 0.3) is 5.91 Å². The maximum atomic E-state index is 14.5. The molecule has 3 heterocycles. The van der Waals surface area contributed by atoms with Crippen molar-refractivity contribution in [1.82, 2.24) is 24.6 Å². The first-order valence-corrected chi connectivity index (χ1v) is 15.4. The second-order valence-electron chi connectivity index (χ2n) is 13.1. The van der Waals surface area contributed by atoms with E-state index in [2.05, 4.69) is 29.0 Å².